The van der Waals surface area contributed by atoms with E-state index in [9.17, 15) is 19.7 Å². The molecule has 2 saturated heterocycles. The van der Waals surface area contributed by atoms with Gasteiger partial charge in [0.1, 0.15) is 11.7 Å². The Morgan fingerprint density at radius 3 is 2.32 bits per heavy atom. The molecule has 0 spiro atoms. The summed E-state index contributed by atoms with van der Waals surface area (Å²) < 4.78 is 5.23. The van der Waals surface area contributed by atoms with E-state index >= 15 is 0 Å². The van der Waals surface area contributed by atoms with E-state index in [1.54, 1.807) is 60.7 Å². The first-order valence-corrected chi connectivity index (χ1v) is 10.7. The second-order valence-corrected chi connectivity index (χ2v) is 8.30. The van der Waals surface area contributed by atoms with E-state index in [4.69, 9.17) is 21.2 Å². The first-order chi connectivity index (χ1) is 16.4. The van der Waals surface area contributed by atoms with Crippen molar-refractivity contribution >= 4 is 40.5 Å². The van der Waals surface area contributed by atoms with Crippen LogP contribution in [0.2, 0.25) is 5.02 Å². The van der Waals surface area contributed by atoms with Gasteiger partial charge in [-0.2, -0.15) is 0 Å². The summed E-state index contributed by atoms with van der Waals surface area (Å²) >= 11 is 6.02. The molecule has 3 unspecified atom stereocenters. The predicted octanol–water partition coefficient (Wildman–Crippen LogP) is 4.31. The number of anilines is 2. The number of carbonyl (C=O) groups excluding carboxylic acids is 2. The lowest BCUT2D eigenvalue weighted by Gasteiger charge is -2.28. The van der Waals surface area contributed by atoms with Gasteiger partial charge in [-0.1, -0.05) is 29.8 Å². The summed E-state index contributed by atoms with van der Waals surface area (Å²) in [7, 11) is 1.50. The lowest BCUT2D eigenvalue weighted by atomic mass is 9.90. The number of nitro benzene ring substituents is 1. The molecule has 172 valence electrons. The highest BCUT2D eigenvalue weighted by Gasteiger charge is 2.60. The van der Waals surface area contributed by atoms with Gasteiger partial charge in [0.2, 0.25) is 5.91 Å². The predicted molar refractivity (Wildman–Crippen MR) is 124 cm³/mol. The van der Waals surface area contributed by atoms with E-state index in [-0.39, 0.29) is 5.69 Å². The Balaban J connectivity index is 1.57. The third kappa shape index (κ3) is 3.55. The Morgan fingerprint density at radius 2 is 1.68 bits per heavy atom. The molecule has 5 rings (SSSR count). The molecule has 0 bridgehead atoms. The highest BCUT2D eigenvalue weighted by molar-refractivity contribution is 6.30. The quantitative estimate of drug-likeness (QED) is 0.305. The minimum atomic E-state index is -1.06. The number of hydrogen-bond donors (Lipinski definition) is 0. The van der Waals surface area contributed by atoms with E-state index in [0.717, 1.165) is 4.90 Å². The lowest BCUT2D eigenvalue weighted by Crippen LogP contribution is -2.37. The Morgan fingerprint density at radius 1 is 0.971 bits per heavy atom. The Hall–Kier alpha value is -3.95. The molecule has 0 aliphatic carbocycles. The highest BCUT2D eigenvalue weighted by atomic mass is 35.5. The first kappa shape index (κ1) is 21.9. The first-order valence-electron chi connectivity index (χ1n) is 10.4. The van der Waals surface area contributed by atoms with Crippen LogP contribution in [0.1, 0.15) is 11.6 Å². The number of ether oxygens (including phenoxy) is 1. The van der Waals surface area contributed by atoms with Gasteiger partial charge >= 0.3 is 0 Å². The standard InChI is InChI=1S/C24H18ClN3O6/c1-33-19-4-2-3-18(13-19)26-23(29)20-21(14-5-9-17(10-6-14)28(31)32)27(34-22(20)24(26)30)16-11-7-15(25)8-12-16/h2-13,20-22H,1H3. The molecule has 2 heterocycles. The average Bonchev–Trinajstić information content (AvgIpc) is 3.35. The van der Waals surface area contributed by atoms with Crippen LogP contribution in [0.15, 0.2) is 72.8 Å². The van der Waals surface area contributed by atoms with Gasteiger partial charge in [0.15, 0.2) is 6.10 Å². The van der Waals surface area contributed by atoms with Crippen LogP contribution >= 0.6 is 11.6 Å². The second kappa shape index (κ2) is 8.44. The Bertz CT molecular complexity index is 1280. The van der Waals surface area contributed by atoms with Crippen LogP contribution in [0.4, 0.5) is 17.1 Å². The molecule has 2 aliphatic rings. The fourth-order valence-corrected chi connectivity index (χ4v) is 4.49. The van der Waals surface area contributed by atoms with Crippen molar-refractivity contribution < 1.29 is 24.1 Å². The zero-order valence-electron chi connectivity index (χ0n) is 17.8. The SMILES string of the molecule is COc1cccc(N2C(=O)C3ON(c4ccc(Cl)cc4)C(c4ccc([N+](=O)[O-])cc4)C3C2=O)c1. The summed E-state index contributed by atoms with van der Waals surface area (Å²) in [6.45, 7) is 0. The zero-order chi connectivity index (χ0) is 24.0. The maximum absolute atomic E-state index is 13.6. The molecule has 10 heteroatoms. The monoisotopic (exact) mass is 479 g/mol. The molecular formula is C24H18ClN3O6. The second-order valence-electron chi connectivity index (χ2n) is 7.86. The molecule has 34 heavy (non-hydrogen) atoms. The molecular weight excluding hydrogens is 462 g/mol. The number of rotatable bonds is 5. The minimum absolute atomic E-state index is 0.0795. The van der Waals surface area contributed by atoms with Crippen molar-refractivity contribution in [1.82, 2.24) is 0 Å². The summed E-state index contributed by atoms with van der Waals surface area (Å²) in [6, 6.07) is 18.6. The molecule has 3 atom stereocenters. The number of carbonyl (C=O) groups is 2. The molecule has 2 amide bonds. The van der Waals surface area contributed by atoms with Gasteiger partial charge in [0.25, 0.3) is 11.6 Å². The van der Waals surface area contributed by atoms with Crippen LogP contribution in [0.3, 0.4) is 0 Å². The molecule has 3 aromatic carbocycles. The number of fused-ring (bicyclic) bond motifs is 1. The lowest BCUT2D eigenvalue weighted by molar-refractivity contribution is -0.384. The Labute approximate surface area is 199 Å². The number of benzene rings is 3. The van der Waals surface area contributed by atoms with Gasteiger partial charge < -0.3 is 4.74 Å². The van der Waals surface area contributed by atoms with E-state index in [0.29, 0.717) is 27.7 Å². The maximum Gasteiger partial charge on any atom is 0.269 e. The molecule has 9 nitrogen and oxygen atoms in total. The number of hydrogen-bond acceptors (Lipinski definition) is 7. The zero-order valence-corrected chi connectivity index (χ0v) is 18.6. The van der Waals surface area contributed by atoms with Crippen molar-refractivity contribution in [1.29, 1.82) is 0 Å². The van der Waals surface area contributed by atoms with E-state index in [2.05, 4.69) is 0 Å². The van der Waals surface area contributed by atoms with Crippen LogP contribution in [-0.4, -0.2) is 30.0 Å². The van der Waals surface area contributed by atoms with Crippen molar-refractivity contribution in [3.05, 3.63) is 93.5 Å². The van der Waals surface area contributed by atoms with Gasteiger partial charge in [-0.3, -0.25) is 24.5 Å². The van der Waals surface area contributed by atoms with Gasteiger partial charge in [-0.05, 0) is 42.0 Å². The third-order valence-corrected chi connectivity index (χ3v) is 6.21. The van der Waals surface area contributed by atoms with Crippen LogP contribution in [0.5, 0.6) is 5.75 Å². The number of non-ortho nitro benzene ring substituents is 1. The van der Waals surface area contributed by atoms with Crippen molar-refractivity contribution in [3.63, 3.8) is 0 Å². The van der Waals surface area contributed by atoms with E-state index in [1.807, 2.05) is 0 Å². The van der Waals surface area contributed by atoms with Gasteiger partial charge in [0, 0.05) is 23.2 Å². The average molecular weight is 480 g/mol. The normalized spacial score (nSPS) is 21.6. The van der Waals surface area contributed by atoms with Crippen molar-refractivity contribution in [2.45, 2.75) is 12.1 Å². The number of amides is 2. The highest BCUT2D eigenvalue weighted by Crippen LogP contribution is 2.48. The van der Waals surface area contributed by atoms with Gasteiger partial charge in [0.05, 0.1) is 29.4 Å². The number of nitrogens with zero attached hydrogens (tertiary/aromatic N) is 3. The molecule has 0 aromatic heterocycles. The summed E-state index contributed by atoms with van der Waals surface area (Å²) in [6.07, 6.45) is -1.06. The molecule has 2 fully saturated rings. The number of imide groups is 1. The summed E-state index contributed by atoms with van der Waals surface area (Å²) in [5.41, 5.74) is 1.49. The summed E-state index contributed by atoms with van der Waals surface area (Å²) in [4.78, 5) is 44.8. The number of nitro groups is 1. The smallest absolute Gasteiger partial charge is 0.269 e. The van der Waals surface area contributed by atoms with E-state index in [1.165, 1.54) is 24.3 Å². The fraction of sp³-hybridized carbons (Fsp3) is 0.167. The number of halogens is 1. The van der Waals surface area contributed by atoms with Crippen LogP contribution in [-0.2, 0) is 14.4 Å². The van der Waals surface area contributed by atoms with Crippen molar-refractivity contribution in [2.24, 2.45) is 5.92 Å². The molecule has 2 aliphatic heterocycles. The molecule has 0 saturated carbocycles. The van der Waals surface area contributed by atoms with Crippen LogP contribution < -0.4 is 14.7 Å². The van der Waals surface area contributed by atoms with Gasteiger partial charge in [-0.25, -0.2) is 9.96 Å². The molecule has 3 aromatic rings. The molecule has 0 N–H and O–H groups in total. The minimum Gasteiger partial charge on any atom is -0.497 e. The number of methoxy groups -OCH3 is 1. The number of hydroxylamine groups is 1. The topological polar surface area (TPSA) is 102 Å². The summed E-state index contributed by atoms with van der Waals surface area (Å²) in [5, 5.41) is 13.1. The largest absolute Gasteiger partial charge is 0.497 e. The summed E-state index contributed by atoms with van der Waals surface area (Å²) in [5.74, 6) is -1.28. The fourth-order valence-electron chi connectivity index (χ4n) is 4.36. The third-order valence-electron chi connectivity index (χ3n) is 5.95. The van der Waals surface area contributed by atoms with Crippen molar-refractivity contribution in [3.8, 4) is 5.75 Å². The van der Waals surface area contributed by atoms with Crippen molar-refractivity contribution in [2.75, 3.05) is 17.1 Å². The van der Waals surface area contributed by atoms with E-state index < -0.39 is 34.8 Å². The van der Waals surface area contributed by atoms with Gasteiger partial charge in [-0.15, -0.1) is 0 Å². The van der Waals surface area contributed by atoms with Crippen LogP contribution in [0.25, 0.3) is 0 Å². The van der Waals surface area contributed by atoms with Crippen LogP contribution in [0, 0.1) is 16.0 Å². The molecule has 0 radical (unpaired) electrons. The Kier molecular flexibility index (Phi) is 5.43. The maximum atomic E-state index is 13.6.